The number of likely N-dealkylation sites (tertiary alicyclic amines) is 1. The third-order valence-electron chi connectivity index (χ3n) is 4.19. The zero-order valence-corrected chi connectivity index (χ0v) is 11.5. The lowest BCUT2D eigenvalue weighted by Crippen LogP contribution is -2.50. The Morgan fingerprint density at radius 1 is 0.810 bits per heavy atom. The van der Waals surface area contributed by atoms with Gasteiger partial charge in [0.25, 0.3) is 0 Å². The molecule has 0 bridgehead atoms. The second-order valence-corrected chi connectivity index (χ2v) is 5.32. The Morgan fingerprint density at radius 3 is 1.71 bits per heavy atom. The van der Waals surface area contributed by atoms with E-state index in [-0.39, 0.29) is 6.54 Å². The molecule has 1 nitrogen and oxygen atoms in total. The minimum atomic E-state index is -4.35. The van der Waals surface area contributed by atoms with Crippen LogP contribution >= 0.6 is 0 Å². The second-order valence-electron chi connectivity index (χ2n) is 5.32. The highest BCUT2D eigenvalue weighted by Crippen LogP contribution is 2.49. The van der Waals surface area contributed by atoms with Gasteiger partial charge in [-0.25, -0.2) is 4.90 Å². The lowest BCUT2D eigenvalue weighted by Gasteiger charge is -2.40. The second kappa shape index (κ2) is 5.19. The lowest BCUT2D eigenvalue weighted by atomic mass is 9.80. The van der Waals surface area contributed by atoms with E-state index in [1.54, 1.807) is 48.5 Å². The average molecular weight is 291 g/mol. The van der Waals surface area contributed by atoms with Gasteiger partial charge in [0.05, 0.1) is 5.54 Å². The van der Waals surface area contributed by atoms with Crippen LogP contribution < -0.4 is 0 Å². The first-order valence-corrected chi connectivity index (χ1v) is 7.01. The van der Waals surface area contributed by atoms with Crippen molar-refractivity contribution >= 4 is 0 Å². The molecule has 1 aliphatic heterocycles. The summed E-state index contributed by atoms with van der Waals surface area (Å²) in [6.45, 7) is 0.0350. The molecule has 1 aliphatic rings. The average Bonchev–Trinajstić information content (AvgIpc) is 2.95. The number of nitrogens with zero attached hydrogens (tertiary/aromatic N) is 1. The van der Waals surface area contributed by atoms with Gasteiger partial charge in [0.1, 0.15) is 0 Å². The van der Waals surface area contributed by atoms with Crippen molar-refractivity contribution in [1.29, 1.82) is 0 Å². The molecule has 1 saturated heterocycles. The van der Waals surface area contributed by atoms with Gasteiger partial charge in [-0.2, -0.15) is 13.2 Å². The van der Waals surface area contributed by atoms with Gasteiger partial charge in [-0.15, -0.1) is 0 Å². The minimum absolute atomic E-state index is 0.0350. The highest BCUT2D eigenvalue weighted by atomic mass is 19.4. The van der Waals surface area contributed by atoms with E-state index in [0.29, 0.717) is 28.9 Å². The Balaban J connectivity index is 2.21. The molecule has 0 atom stereocenters. The first-order chi connectivity index (χ1) is 10.0. The van der Waals surface area contributed by atoms with Gasteiger partial charge in [0.15, 0.2) is 0 Å². The molecular formula is C17H16F3N. The van der Waals surface area contributed by atoms with Crippen molar-refractivity contribution in [3.05, 3.63) is 71.8 Å². The van der Waals surface area contributed by atoms with Gasteiger partial charge in [-0.3, -0.25) is 0 Å². The third kappa shape index (κ3) is 2.33. The normalized spacial score (nSPS) is 18.8. The first-order valence-electron chi connectivity index (χ1n) is 7.01. The fourth-order valence-corrected chi connectivity index (χ4v) is 3.36. The number of alkyl halides is 3. The van der Waals surface area contributed by atoms with Gasteiger partial charge in [-0.05, 0) is 24.0 Å². The largest absolute Gasteiger partial charge is 0.460 e. The molecule has 0 spiro atoms. The fourth-order valence-electron chi connectivity index (χ4n) is 3.36. The van der Waals surface area contributed by atoms with Crippen molar-refractivity contribution < 1.29 is 13.2 Å². The Kier molecular flexibility index (Phi) is 3.49. The van der Waals surface area contributed by atoms with E-state index in [9.17, 15) is 13.2 Å². The van der Waals surface area contributed by atoms with Gasteiger partial charge in [-0.1, -0.05) is 60.7 Å². The van der Waals surface area contributed by atoms with E-state index in [4.69, 9.17) is 0 Å². The maximum Gasteiger partial charge on any atom is 0.460 e. The summed E-state index contributed by atoms with van der Waals surface area (Å²) in [7, 11) is 0. The van der Waals surface area contributed by atoms with Crippen molar-refractivity contribution in [3.8, 4) is 0 Å². The first kappa shape index (κ1) is 14.1. The fraction of sp³-hybridized carbons (Fsp3) is 0.294. The lowest BCUT2D eigenvalue weighted by molar-refractivity contribution is -0.263. The zero-order chi connectivity index (χ0) is 14.9. The molecule has 0 amide bonds. The van der Waals surface area contributed by atoms with Crippen LogP contribution in [0.15, 0.2) is 60.7 Å². The van der Waals surface area contributed by atoms with E-state index in [1.165, 1.54) is 0 Å². The monoisotopic (exact) mass is 291 g/mol. The standard InChI is InChI=1S/C17H16F3N/c18-17(19,20)21-13-7-12-16(21,14-8-3-1-4-9-14)15-10-5-2-6-11-15/h1-6,8-11H,7,12-13H2. The van der Waals surface area contributed by atoms with Crippen molar-refractivity contribution in [3.63, 3.8) is 0 Å². The smallest absolute Gasteiger partial charge is 0.200 e. The van der Waals surface area contributed by atoms with E-state index in [2.05, 4.69) is 0 Å². The number of hydrogen-bond acceptors (Lipinski definition) is 1. The molecule has 0 aliphatic carbocycles. The van der Waals surface area contributed by atoms with Crippen molar-refractivity contribution in [2.24, 2.45) is 0 Å². The molecule has 2 aromatic carbocycles. The van der Waals surface area contributed by atoms with Crippen LogP contribution in [0.1, 0.15) is 24.0 Å². The summed E-state index contributed by atoms with van der Waals surface area (Å²) in [5.41, 5.74) is 0.290. The van der Waals surface area contributed by atoms with E-state index >= 15 is 0 Å². The summed E-state index contributed by atoms with van der Waals surface area (Å²) in [6.07, 6.45) is -3.34. The molecule has 3 rings (SSSR count). The van der Waals surface area contributed by atoms with Crippen LogP contribution in [0.2, 0.25) is 0 Å². The number of benzene rings is 2. The summed E-state index contributed by atoms with van der Waals surface area (Å²) in [6, 6.07) is 18.0. The van der Waals surface area contributed by atoms with E-state index in [0.717, 1.165) is 0 Å². The summed E-state index contributed by atoms with van der Waals surface area (Å²) in [5, 5.41) is 0. The Bertz CT molecular complexity index is 553. The molecule has 110 valence electrons. The van der Waals surface area contributed by atoms with E-state index < -0.39 is 11.8 Å². The number of rotatable bonds is 2. The van der Waals surface area contributed by atoms with Gasteiger partial charge in [0.2, 0.25) is 0 Å². The maximum absolute atomic E-state index is 13.6. The molecule has 1 heterocycles. The number of halogens is 3. The van der Waals surface area contributed by atoms with E-state index in [1.807, 2.05) is 12.1 Å². The highest BCUT2D eigenvalue weighted by molar-refractivity contribution is 5.40. The molecule has 4 heteroatoms. The van der Waals surface area contributed by atoms with Crippen LogP contribution in [-0.4, -0.2) is 17.7 Å². The highest BCUT2D eigenvalue weighted by Gasteiger charge is 2.55. The van der Waals surface area contributed by atoms with Crippen LogP contribution in [-0.2, 0) is 5.54 Å². The summed E-state index contributed by atoms with van der Waals surface area (Å²) in [4.78, 5) is 0.685. The van der Waals surface area contributed by atoms with Gasteiger partial charge >= 0.3 is 6.30 Å². The van der Waals surface area contributed by atoms with Crippen LogP contribution in [0, 0.1) is 0 Å². The maximum atomic E-state index is 13.6. The van der Waals surface area contributed by atoms with Gasteiger partial charge in [0, 0.05) is 6.54 Å². The Morgan fingerprint density at radius 2 is 1.29 bits per heavy atom. The number of hydrogen-bond donors (Lipinski definition) is 0. The minimum Gasteiger partial charge on any atom is -0.200 e. The molecule has 0 N–H and O–H groups in total. The predicted molar refractivity (Wildman–Crippen MR) is 75.7 cm³/mol. The molecule has 0 radical (unpaired) electrons. The summed E-state index contributed by atoms with van der Waals surface area (Å²) < 4.78 is 40.7. The quantitative estimate of drug-likeness (QED) is 0.734. The third-order valence-corrected chi connectivity index (χ3v) is 4.19. The Hall–Kier alpha value is -1.81. The summed E-state index contributed by atoms with van der Waals surface area (Å²) in [5.74, 6) is 0. The molecule has 0 aromatic heterocycles. The van der Waals surface area contributed by atoms with Crippen molar-refractivity contribution in [2.75, 3.05) is 6.54 Å². The SMILES string of the molecule is FC(F)(F)N1CCCC1(c1ccccc1)c1ccccc1. The molecule has 1 fully saturated rings. The molecular weight excluding hydrogens is 275 g/mol. The Labute approximate surface area is 122 Å². The predicted octanol–water partition coefficient (Wildman–Crippen LogP) is 4.55. The molecule has 21 heavy (non-hydrogen) atoms. The summed E-state index contributed by atoms with van der Waals surface area (Å²) >= 11 is 0. The van der Waals surface area contributed by atoms with Crippen LogP contribution in [0.25, 0.3) is 0 Å². The topological polar surface area (TPSA) is 3.24 Å². The molecule has 0 saturated carbocycles. The van der Waals surface area contributed by atoms with Crippen LogP contribution in [0.3, 0.4) is 0 Å². The van der Waals surface area contributed by atoms with Crippen molar-refractivity contribution in [2.45, 2.75) is 24.7 Å². The zero-order valence-electron chi connectivity index (χ0n) is 11.5. The molecule has 0 unspecified atom stereocenters. The molecule has 2 aromatic rings. The van der Waals surface area contributed by atoms with Crippen LogP contribution in [0.4, 0.5) is 13.2 Å². The van der Waals surface area contributed by atoms with Crippen LogP contribution in [0.5, 0.6) is 0 Å². The van der Waals surface area contributed by atoms with Crippen molar-refractivity contribution in [1.82, 2.24) is 4.90 Å². The van der Waals surface area contributed by atoms with Gasteiger partial charge < -0.3 is 0 Å².